The van der Waals surface area contributed by atoms with Crippen molar-refractivity contribution in [3.8, 4) is 0 Å². The fourth-order valence-corrected chi connectivity index (χ4v) is 3.41. The van der Waals surface area contributed by atoms with Gasteiger partial charge in [0.2, 0.25) is 5.91 Å². The van der Waals surface area contributed by atoms with Crippen LogP contribution in [0.5, 0.6) is 0 Å². The fraction of sp³-hybridized carbons (Fsp3) is 0.429. The second-order valence-electron chi connectivity index (χ2n) is 4.67. The molecule has 1 amide bonds. The molecule has 19 heavy (non-hydrogen) atoms. The van der Waals surface area contributed by atoms with Gasteiger partial charge in [-0.05, 0) is 35.5 Å². The standard InChI is InChI=1S/C14H17NO3S/c16-13(15-8-10-5-6-19-9-10)7-11-3-1-2-4-12(11)14(17)18/h1-4,10H,5-9H2,(H,15,16)(H,17,18). The molecule has 1 saturated heterocycles. The molecule has 1 fully saturated rings. The molecule has 1 unspecified atom stereocenters. The van der Waals surface area contributed by atoms with Gasteiger partial charge in [-0.15, -0.1) is 0 Å². The van der Waals surface area contributed by atoms with Crippen LogP contribution in [-0.4, -0.2) is 35.0 Å². The quantitative estimate of drug-likeness (QED) is 0.862. The summed E-state index contributed by atoms with van der Waals surface area (Å²) in [5.74, 6) is 1.74. The molecular weight excluding hydrogens is 262 g/mol. The second kappa shape index (κ2) is 6.61. The lowest BCUT2D eigenvalue weighted by Crippen LogP contribution is -2.30. The first-order chi connectivity index (χ1) is 9.16. The molecule has 0 saturated carbocycles. The average Bonchev–Trinajstić information content (AvgIpc) is 2.90. The Labute approximate surface area is 116 Å². The lowest BCUT2D eigenvalue weighted by molar-refractivity contribution is -0.120. The van der Waals surface area contributed by atoms with Crippen LogP contribution in [0.1, 0.15) is 22.3 Å². The van der Waals surface area contributed by atoms with E-state index in [1.807, 2.05) is 11.8 Å². The van der Waals surface area contributed by atoms with Crippen molar-refractivity contribution in [3.05, 3.63) is 35.4 Å². The second-order valence-corrected chi connectivity index (χ2v) is 5.82. The van der Waals surface area contributed by atoms with Crippen molar-refractivity contribution in [2.75, 3.05) is 18.1 Å². The van der Waals surface area contributed by atoms with E-state index in [1.165, 1.54) is 11.8 Å². The number of thioether (sulfide) groups is 1. The van der Waals surface area contributed by atoms with Gasteiger partial charge in [-0.1, -0.05) is 18.2 Å². The number of hydrogen-bond acceptors (Lipinski definition) is 3. The van der Waals surface area contributed by atoms with Crippen LogP contribution in [0.25, 0.3) is 0 Å². The molecule has 2 rings (SSSR count). The molecule has 1 aromatic rings. The van der Waals surface area contributed by atoms with Crippen LogP contribution in [0.15, 0.2) is 24.3 Å². The third kappa shape index (κ3) is 3.99. The lowest BCUT2D eigenvalue weighted by atomic mass is 10.0. The van der Waals surface area contributed by atoms with E-state index in [4.69, 9.17) is 5.11 Å². The lowest BCUT2D eigenvalue weighted by Gasteiger charge is -2.11. The molecule has 4 nitrogen and oxygen atoms in total. The number of benzene rings is 1. The Balaban J connectivity index is 1.89. The molecule has 0 radical (unpaired) electrons. The smallest absolute Gasteiger partial charge is 0.335 e. The number of carbonyl (C=O) groups is 2. The summed E-state index contributed by atoms with van der Waals surface area (Å²) in [4.78, 5) is 22.9. The molecule has 1 heterocycles. The highest BCUT2D eigenvalue weighted by Gasteiger charge is 2.17. The van der Waals surface area contributed by atoms with Gasteiger partial charge in [-0.2, -0.15) is 11.8 Å². The number of rotatable bonds is 5. The summed E-state index contributed by atoms with van der Waals surface area (Å²) >= 11 is 1.92. The van der Waals surface area contributed by atoms with Gasteiger partial charge in [0.15, 0.2) is 0 Å². The Morgan fingerprint density at radius 3 is 2.84 bits per heavy atom. The first-order valence-corrected chi connectivity index (χ1v) is 7.48. The molecule has 0 spiro atoms. The van der Waals surface area contributed by atoms with Crippen molar-refractivity contribution in [1.82, 2.24) is 5.32 Å². The van der Waals surface area contributed by atoms with E-state index in [-0.39, 0.29) is 17.9 Å². The monoisotopic (exact) mass is 279 g/mol. The third-order valence-electron chi connectivity index (χ3n) is 3.21. The number of aromatic carboxylic acids is 1. The maximum Gasteiger partial charge on any atom is 0.335 e. The molecule has 5 heteroatoms. The van der Waals surface area contributed by atoms with Crippen LogP contribution < -0.4 is 5.32 Å². The predicted octanol–water partition coefficient (Wildman–Crippen LogP) is 1.80. The van der Waals surface area contributed by atoms with E-state index >= 15 is 0 Å². The predicted molar refractivity (Wildman–Crippen MR) is 75.5 cm³/mol. The Hall–Kier alpha value is -1.49. The number of hydrogen-bond donors (Lipinski definition) is 2. The third-order valence-corrected chi connectivity index (χ3v) is 4.44. The van der Waals surface area contributed by atoms with Crippen molar-refractivity contribution in [2.45, 2.75) is 12.8 Å². The van der Waals surface area contributed by atoms with Crippen LogP contribution in [0, 0.1) is 5.92 Å². The van der Waals surface area contributed by atoms with E-state index in [0.29, 0.717) is 18.0 Å². The van der Waals surface area contributed by atoms with Gasteiger partial charge in [0.1, 0.15) is 0 Å². The van der Waals surface area contributed by atoms with Gasteiger partial charge < -0.3 is 10.4 Å². The number of carbonyl (C=O) groups excluding carboxylic acids is 1. The molecule has 1 aliphatic rings. The molecule has 2 N–H and O–H groups in total. The van der Waals surface area contributed by atoms with E-state index in [1.54, 1.807) is 18.2 Å². The van der Waals surface area contributed by atoms with Crippen LogP contribution in [0.3, 0.4) is 0 Å². The van der Waals surface area contributed by atoms with Crippen molar-refractivity contribution in [3.63, 3.8) is 0 Å². The summed E-state index contributed by atoms with van der Waals surface area (Å²) in [5, 5.41) is 11.9. The van der Waals surface area contributed by atoms with Gasteiger partial charge >= 0.3 is 5.97 Å². The molecule has 0 bridgehead atoms. The summed E-state index contributed by atoms with van der Waals surface area (Å²) in [7, 11) is 0. The van der Waals surface area contributed by atoms with Gasteiger partial charge in [-0.25, -0.2) is 4.79 Å². The fourth-order valence-electron chi connectivity index (χ4n) is 2.12. The van der Waals surface area contributed by atoms with Gasteiger partial charge in [0, 0.05) is 6.54 Å². The van der Waals surface area contributed by atoms with Crippen molar-refractivity contribution < 1.29 is 14.7 Å². The topological polar surface area (TPSA) is 66.4 Å². The Morgan fingerprint density at radius 1 is 1.37 bits per heavy atom. The van der Waals surface area contributed by atoms with E-state index in [9.17, 15) is 9.59 Å². The molecule has 0 aliphatic carbocycles. The van der Waals surface area contributed by atoms with Crippen molar-refractivity contribution in [2.24, 2.45) is 5.92 Å². The normalized spacial score (nSPS) is 18.2. The maximum atomic E-state index is 11.8. The van der Waals surface area contributed by atoms with Gasteiger partial charge in [0.25, 0.3) is 0 Å². The minimum atomic E-state index is -0.990. The van der Waals surface area contributed by atoms with Crippen molar-refractivity contribution >= 4 is 23.6 Å². The summed E-state index contributed by atoms with van der Waals surface area (Å²) in [5.41, 5.74) is 0.766. The molecule has 0 aromatic heterocycles. The Kier molecular flexibility index (Phi) is 4.85. The first-order valence-electron chi connectivity index (χ1n) is 6.32. The Bertz CT molecular complexity index is 470. The zero-order chi connectivity index (χ0) is 13.7. The summed E-state index contributed by atoms with van der Waals surface area (Å²) < 4.78 is 0. The van der Waals surface area contributed by atoms with E-state index in [2.05, 4.69) is 5.32 Å². The molecule has 1 atom stereocenters. The van der Waals surface area contributed by atoms with Crippen molar-refractivity contribution in [1.29, 1.82) is 0 Å². The van der Waals surface area contributed by atoms with Gasteiger partial charge in [-0.3, -0.25) is 4.79 Å². The number of amides is 1. The first kappa shape index (κ1) is 13.9. The van der Waals surface area contributed by atoms with Crippen LogP contribution in [0.2, 0.25) is 0 Å². The zero-order valence-corrected chi connectivity index (χ0v) is 11.4. The van der Waals surface area contributed by atoms with E-state index < -0.39 is 5.97 Å². The summed E-state index contributed by atoms with van der Waals surface area (Å²) in [6, 6.07) is 6.64. The summed E-state index contributed by atoms with van der Waals surface area (Å²) in [6.45, 7) is 0.696. The molecule has 1 aliphatic heterocycles. The van der Waals surface area contributed by atoms with Crippen LogP contribution >= 0.6 is 11.8 Å². The molecule has 1 aromatic carbocycles. The van der Waals surface area contributed by atoms with Gasteiger partial charge in [0.05, 0.1) is 12.0 Å². The minimum Gasteiger partial charge on any atom is -0.478 e. The van der Waals surface area contributed by atoms with Crippen LogP contribution in [0.4, 0.5) is 0 Å². The maximum absolute atomic E-state index is 11.8. The summed E-state index contributed by atoms with van der Waals surface area (Å²) in [6.07, 6.45) is 1.28. The van der Waals surface area contributed by atoms with E-state index in [0.717, 1.165) is 12.2 Å². The SMILES string of the molecule is O=C(Cc1ccccc1C(=O)O)NCC1CCSC1. The highest BCUT2D eigenvalue weighted by molar-refractivity contribution is 7.99. The number of carboxylic acids is 1. The molecule has 102 valence electrons. The highest BCUT2D eigenvalue weighted by Crippen LogP contribution is 2.22. The highest BCUT2D eigenvalue weighted by atomic mass is 32.2. The minimum absolute atomic E-state index is 0.106. The Morgan fingerprint density at radius 2 is 2.16 bits per heavy atom. The average molecular weight is 279 g/mol. The number of carboxylic acid groups (broad SMARTS) is 1. The molecular formula is C14H17NO3S. The largest absolute Gasteiger partial charge is 0.478 e. The number of nitrogens with one attached hydrogen (secondary N) is 1. The van der Waals surface area contributed by atoms with Crippen LogP contribution in [-0.2, 0) is 11.2 Å². The zero-order valence-electron chi connectivity index (χ0n) is 10.6.